The van der Waals surface area contributed by atoms with Crippen LogP contribution in [0.4, 0.5) is 0 Å². The van der Waals surface area contributed by atoms with E-state index in [1.807, 2.05) is 44.5 Å². The van der Waals surface area contributed by atoms with Crippen molar-refractivity contribution in [3.63, 3.8) is 0 Å². The average Bonchev–Trinajstić information content (AvgIpc) is 2.77. The maximum absolute atomic E-state index is 12.9. The van der Waals surface area contributed by atoms with Gasteiger partial charge in [-0.3, -0.25) is 4.68 Å². The third kappa shape index (κ3) is 3.44. The van der Waals surface area contributed by atoms with Crippen LogP contribution in [0.1, 0.15) is 28.1 Å². The average molecular weight is 347 g/mol. The first-order valence-electron chi connectivity index (χ1n) is 7.85. The highest BCUT2D eigenvalue weighted by molar-refractivity contribution is 7.89. The van der Waals surface area contributed by atoms with E-state index in [1.165, 1.54) is 4.31 Å². The molecule has 24 heavy (non-hydrogen) atoms. The van der Waals surface area contributed by atoms with Crippen LogP contribution in [-0.4, -0.2) is 29.6 Å². The molecular weight excluding hydrogens is 322 g/mol. The third-order valence-corrected chi connectivity index (χ3v) is 6.19. The van der Waals surface area contributed by atoms with E-state index in [2.05, 4.69) is 11.7 Å². The summed E-state index contributed by atoms with van der Waals surface area (Å²) >= 11 is 0. The fraction of sp³-hybridized carbons (Fsp3) is 0.389. The number of hydrogen-bond acceptors (Lipinski definition) is 3. The number of hydrogen-bond donors (Lipinski definition) is 0. The van der Waals surface area contributed by atoms with Crippen molar-refractivity contribution in [3.8, 4) is 0 Å². The van der Waals surface area contributed by atoms with Crippen molar-refractivity contribution in [2.75, 3.05) is 7.05 Å². The minimum Gasteiger partial charge on any atom is -0.265 e. The zero-order chi connectivity index (χ0) is 18.1. The molecule has 0 amide bonds. The number of aromatic nitrogens is 2. The van der Waals surface area contributed by atoms with Crippen molar-refractivity contribution < 1.29 is 8.42 Å². The smallest absolute Gasteiger partial charge is 0.243 e. The van der Waals surface area contributed by atoms with Gasteiger partial charge in [0.15, 0.2) is 0 Å². The highest BCUT2D eigenvalue weighted by Gasteiger charge is 2.25. The van der Waals surface area contributed by atoms with Crippen molar-refractivity contribution in [1.29, 1.82) is 0 Å². The molecule has 6 heteroatoms. The molecule has 1 aromatic heterocycles. The molecule has 130 valence electrons. The predicted molar refractivity (Wildman–Crippen MR) is 96.5 cm³/mol. The zero-order valence-corrected chi connectivity index (χ0v) is 15.8. The van der Waals surface area contributed by atoms with Crippen LogP contribution in [-0.2, 0) is 23.1 Å². The summed E-state index contributed by atoms with van der Waals surface area (Å²) in [5.74, 6) is 0. The molecule has 5 nitrogen and oxygen atoms in total. The molecule has 0 spiro atoms. The van der Waals surface area contributed by atoms with Crippen LogP contribution >= 0.6 is 0 Å². The second kappa shape index (κ2) is 6.91. The Kier molecular flexibility index (Phi) is 5.30. The fourth-order valence-corrected chi connectivity index (χ4v) is 4.17. The molecule has 0 atom stereocenters. The van der Waals surface area contributed by atoms with Crippen molar-refractivity contribution in [2.24, 2.45) is 0 Å². The molecule has 0 unspecified atom stereocenters. The van der Waals surface area contributed by atoms with Gasteiger partial charge in [-0.05, 0) is 44.9 Å². The largest absolute Gasteiger partial charge is 0.265 e. The fourth-order valence-electron chi connectivity index (χ4n) is 2.72. The van der Waals surface area contributed by atoms with E-state index in [9.17, 15) is 8.42 Å². The van der Waals surface area contributed by atoms with Crippen LogP contribution in [0.2, 0.25) is 0 Å². The second-order valence-corrected chi connectivity index (χ2v) is 8.16. The summed E-state index contributed by atoms with van der Waals surface area (Å²) in [5.41, 5.74) is 4.43. The number of nitrogens with zero attached hydrogens (tertiary/aromatic N) is 3. The number of allylic oxidation sites excluding steroid dienone is 1. The molecule has 0 aliphatic carbocycles. The molecule has 2 aromatic rings. The van der Waals surface area contributed by atoms with Gasteiger partial charge in [0.25, 0.3) is 0 Å². The number of sulfonamides is 1. The van der Waals surface area contributed by atoms with Crippen LogP contribution in [0.15, 0.2) is 35.7 Å². The van der Waals surface area contributed by atoms with Gasteiger partial charge in [-0.15, -0.1) is 6.58 Å². The zero-order valence-electron chi connectivity index (χ0n) is 15.0. The maximum atomic E-state index is 12.9. The minimum atomic E-state index is -3.55. The Balaban J connectivity index is 2.37. The summed E-state index contributed by atoms with van der Waals surface area (Å²) in [4.78, 5) is 0.360. The summed E-state index contributed by atoms with van der Waals surface area (Å²) < 4.78 is 29.1. The van der Waals surface area contributed by atoms with Crippen LogP contribution in [0.3, 0.4) is 0 Å². The van der Waals surface area contributed by atoms with Crippen LogP contribution in [0, 0.1) is 27.7 Å². The molecule has 2 rings (SSSR count). The Bertz CT molecular complexity index is 867. The van der Waals surface area contributed by atoms with Crippen molar-refractivity contribution in [1.82, 2.24) is 14.1 Å². The molecule has 0 saturated heterocycles. The summed E-state index contributed by atoms with van der Waals surface area (Å²) in [6.07, 6.45) is 1.78. The van der Waals surface area contributed by atoms with Gasteiger partial charge in [0.05, 0.1) is 17.1 Å². The molecule has 1 aromatic carbocycles. The highest BCUT2D eigenvalue weighted by atomic mass is 32.2. The monoisotopic (exact) mass is 347 g/mol. The Labute approximate surface area is 144 Å². The molecule has 0 fully saturated rings. The number of aryl methyl sites for hydroxylation is 3. The lowest BCUT2D eigenvalue weighted by Crippen LogP contribution is -2.27. The first-order chi connectivity index (χ1) is 11.2. The first kappa shape index (κ1) is 18.4. The summed E-state index contributed by atoms with van der Waals surface area (Å²) in [5, 5.41) is 4.46. The van der Waals surface area contributed by atoms with E-state index in [1.54, 1.807) is 19.2 Å². The van der Waals surface area contributed by atoms with E-state index in [0.29, 0.717) is 18.0 Å². The standard InChI is InChI=1S/C18H25N3O2S/c1-7-10-21-16(5)17(15(4)19-21)12-20(6)24(22,23)18-11-13(2)8-9-14(18)3/h7-9,11H,1,10,12H2,2-6H3. The summed E-state index contributed by atoms with van der Waals surface area (Å²) in [6.45, 7) is 12.2. The van der Waals surface area contributed by atoms with Gasteiger partial charge in [-0.2, -0.15) is 9.40 Å². The van der Waals surface area contributed by atoms with Gasteiger partial charge >= 0.3 is 0 Å². The summed E-state index contributed by atoms with van der Waals surface area (Å²) in [7, 11) is -1.94. The van der Waals surface area contributed by atoms with Gasteiger partial charge in [0.2, 0.25) is 10.0 Å². The van der Waals surface area contributed by atoms with E-state index in [-0.39, 0.29) is 0 Å². The van der Waals surface area contributed by atoms with E-state index >= 15 is 0 Å². The number of rotatable bonds is 6. The van der Waals surface area contributed by atoms with Crippen LogP contribution in [0.5, 0.6) is 0 Å². The SMILES string of the molecule is C=CCn1nc(C)c(CN(C)S(=O)(=O)c2cc(C)ccc2C)c1C. The minimum absolute atomic E-state index is 0.296. The third-order valence-electron chi connectivity index (χ3n) is 4.25. The Morgan fingerprint density at radius 2 is 1.92 bits per heavy atom. The van der Waals surface area contributed by atoms with Crippen LogP contribution in [0.25, 0.3) is 0 Å². The first-order valence-corrected chi connectivity index (χ1v) is 9.30. The summed E-state index contributed by atoms with van der Waals surface area (Å²) in [6, 6.07) is 5.48. The van der Waals surface area contributed by atoms with Gasteiger partial charge in [-0.25, -0.2) is 8.42 Å². The molecular formula is C18H25N3O2S. The van der Waals surface area contributed by atoms with Crippen LogP contribution < -0.4 is 0 Å². The molecule has 1 heterocycles. The number of benzene rings is 1. The maximum Gasteiger partial charge on any atom is 0.243 e. The lowest BCUT2D eigenvalue weighted by atomic mass is 10.2. The molecule has 0 N–H and O–H groups in total. The lowest BCUT2D eigenvalue weighted by Gasteiger charge is -2.19. The predicted octanol–water partition coefficient (Wildman–Crippen LogP) is 3.12. The van der Waals surface area contributed by atoms with Crippen molar-refractivity contribution >= 4 is 10.0 Å². The normalized spacial score (nSPS) is 11.9. The molecule has 0 radical (unpaired) electrons. The molecule has 0 aliphatic heterocycles. The van der Waals surface area contributed by atoms with Gasteiger partial charge < -0.3 is 0 Å². The molecule has 0 saturated carbocycles. The molecule has 0 bridgehead atoms. The Morgan fingerprint density at radius 3 is 2.54 bits per heavy atom. The highest BCUT2D eigenvalue weighted by Crippen LogP contribution is 2.23. The van der Waals surface area contributed by atoms with Crippen molar-refractivity contribution in [3.05, 3.63) is 58.9 Å². The van der Waals surface area contributed by atoms with E-state index in [0.717, 1.165) is 28.1 Å². The lowest BCUT2D eigenvalue weighted by molar-refractivity contribution is 0.464. The van der Waals surface area contributed by atoms with Gasteiger partial charge in [0, 0.05) is 24.8 Å². The van der Waals surface area contributed by atoms with E-state index < -0.39 is 10.0 Å². The van der Waals surface area contributed by atoms with Gasteiger partial charge in [0.1, 0.15) is 0 Å². The topological polar surface area (TPSA) is 55.2 Å². The quantitative estimate of drug-likeness (QED) is 0.755. The van der Waals surface area contributed by atoms with Crippen molar-refractivity contribution in [2.45, 2.75) is 45.7 Å². The Morgan fingerprint density at radius 1 is 1.25 bits per heavy atom. The second-order valence-electron chi connectivity index (χ2n) is 6.15. The Hall–Kier alpha value is -1.92. The van der Waals surface area contributed by atoms with Gasteiger partial charge in [-0.1, -0.05) is 18.2 Å². The molecule has 0 aliphatic rings. The van der Waals surface area contributed by atoms with E-state index in [4.69, 9.17) is 0 Å².